The number of rotatable bonds is 43. The Kier molecular flexibility index (Phi) is 45.5. The molecule has 0 amide bonds. The average Bonchev–Trinajstić information content (AvgIpc) is 3.32. The first kappa shape index (κ1) is 63.4. The second-order valence-electron chi connectivity index (χ2n) is 15.5. The molecule has 0 aliphatic carbocycles. The number of unbranched alkanes of at least 4 members (excludes halogenated alkanes) is 2. The average molecular weight is 965 g/mol. The van der Waals surface area contributed by atoms with Gasteiger partial charge in [0.15, 0.2) is 6.10 Å². The molecule has 0 aliphatic heterocycles. The molecule has 0 aromatic rings. The van der Waals surface area contributed by atoms with E-state index >= 15 is 0 Å². The van der Waals surface area contributed by atoms with Gasteiger partial charge in [0, 0.05) is 19.3 Å². The van der Waals surface area contributed by atoms with E-state index in [2.05, 4.69) is 136 Å². The lowest BCUT2D eigenvalue weighted by Gasteiger charge is -2.21. The van der Waals surface area contributed by atoms with Crippen molar-refractivity contribution in [2.75, 3.05) is 26.4 Å². The quantitative estimate of drug-likeness (QED) is 0.0197. The summed E-state index contributed by atoms with van der Waals surface area (Å²) in [6.45, 7) is 4.02. The smallest absolute Gasteiger partial charge is 0.462 e. The van der Waals surface area contributed by atoms with E-state index in [9.17, 15) is 28.9 Å². The van der Waals surface area contributed by atoms with Gasteiger partial charge in [0.2, 0.25) is 0 Å². The molecule has 0 aromatic carbocycles. The molecule has 0 saturated carbocycles. The van der Waals surface area contributed by atoms with Crippen LogP contribution in [0.4, 0.5) is 0 Å². The second-order valence-corrected chi connectivity index (χ2v) is 16.9. The highest BCUT2D eigenvalue weighted by Gasteiger charge is 2.28. The Balaban J connectivity index is 4.99. The van der Waals surface area contributed by atoms with Crippen LogP contribution in [-0.4, -0.2) is 66.5 Å². The number of aliphatic hydroxyl groups is 1. The number of hydrogen-bond donors (Lipinski definition) is 2. The molecule has 68 heavy (non-hydrogen) atoms. The number of phosphoric acid groups is 1. The number of allylic oxidation sites excluding steroid dienone is 24. The van der Waals surface area contributed by atoms with E-state index in [0.717, 1.165) is 89.9 Å². The van der Waals surface area contributed by atoms with Gasteiger partial charge < -0.3 is 24.2 Å². The molecule has 12 heteroatoms. The molecule has 0 heterocycles. The van der Waals surface area contributed by atoms with Gasteiger partial charge in [-0.3, -0.25) is 23.4 Å². The lowest BCUT2D eigenvalue weighted by molar-refractivity contribution is -0.161. The third-order valence-corrected chi connectivity index (χ3v) is 10.2. The zero-order chi connectivity index (χ0) is 49.9. The summed E-state index contributed by atoms with van der Waals surface area (Å²) in [7, 11) is -4.79. The molecule has 0 saturated heterocycles. The van der Waals surface area contributed by atoms with Gasteiger partial charge in [-0.25, -0.2) is 4.57 Å². The van der Waals surface area contributed by atoms with Crippen LogP contribution in [0.25, 0.3) is 0 Å². The van der Waals surface area contributed by atoms with Crippen LogP contribution >= 0.6 is 7.82 Å². The number of aliphatic hydroxyl groups excluding tert-OH is 1. The first-order chi connectivity index (χ1) is 33.2. The fourth-order valence-electron chi connectivity index (χ4n) is 5.61. The monoisotopic (exact) mass is 965 g/mol. The summed E-state index contributed by atoms with van der Waals surface area (Å²) in [6, 6.07) is 0. The predicted molar refractivity (Wildman–Crippen MR) is 279 cm³/mol. The third kappa shape index (κ3) is 46.5. The van der Waals surface area contributed by atoms with Gasteiger partial charge in [-0.15, -0.1) is 0 Å². The zero-order valence-corrected chi connectivity index (χ0v) is 42.4. The minimum Gasteiger partial charge on any atom is -0.462 e. The SMILES string of the molecule is CC/C=C\C/C=C\C/C=C\C/C=C\CCCCC(=O)OC(COC(=O)CC/C=C\C/C=C\C/C=C\C/C=C\CC)COP(=O)(O)OCC(CO)OC(=O)CC/C=C\C/C=C\C/C=C\C/C=C\CC. The van der Waals surface area contributed by atoms with Crippen molar-refractivity contribution in [3.63, 3.8) is 0 Å². The summed E-state index contributed by atoms with van der Waals surface area (Å²) in [5.41, 5.74) is 0. The van der Waals surface area contributed by atoms with E-state index in [1.165, 1.54) is 0 Å². The maximum atomic E-state index is 12.8. The van der Waals surface area contributed by atoms with Crippen molar-refractivity contribution in [2.45, 2.75) is 161 Å². The molecular formula is C56H85O11P. The van der Waals surface area contributed by atoms with Crippen LogP contribution in [0.1, 0.15) is 149 Å². The molecule has 0 aliphatic rings. The van der Waals surface area contributed by atoms with Gasteiger partial charge in [0.05, 0.1) is 19.8 Å². The van der Waals surface area contributed by atoms with Crippen molar-refractivity contribution in [3.05, 3.63) is 146 Å². The van der Waals surface area contributed by atoms with Gasteiger partial charge in [-0.2, -0.15) is 0 Å². The lowest BCUT2D eigenvalue weighted by Crippen LogP contribution is -2.30. The summed E-state index contributed by atoms with van der Waals surface area (Å²) in [6.07, 6.45) is 61.5. The summed E-state index contributed by atoms with van der Waals surface area (Å²) in [5.74, 6) is -1.73. The van der Waals surface area contributed by atoms with Crippen LogP contribution in [0.15, 0.2) is 146 Å². The summed E-state index contributed by atoms with van der Waals surface area (Å²) >= 11 is 0. The van der Waals surface area contributed by atoms with Gasteiger partial charge in [0.1, 0.15) is 12.7 Å². The van der Waals surface area contributed by atoms with Crippen LogP contribution in [-0.2, 0) is 42.2 Å². The highest BCUT2D eigenvalue weighted by Crippen LogP contribution is 2.43. The van der Waals surface area contributed by atoms with Crippen molar-refractivity contribution < 1.29 is 52.2 Å². The number of phosphoric ester groups is 1. The fraction of sp³-hybridized carbons (Fsp3) is 0.518. The maximum Gasteiger partial charge on any atom is 0.472 e. The molecule has 380 valence electrons. The summed E-state index contributed by atoms with van der Waals surface area (Å²) in [5, 5.41) is 9.75. The standard InChI is InChI=1S/C56H85O11P/c1-4-7-10-13-16-19-22-25-26-29-32-35-38-41-44-47-56(60)67-53(49-63-54(58)45-42-39-36-33-30-27-23-20-17-14-11-8-5-2)51-65-68(61,62)64-50-52(48-57)66-55(59)46-43-40-37-34-31-28-24-21-18-15-12-9-6-3/h7-12,16-21,25-28,30-32,35-37,39-40,52-53,57H,4-6,13-15,22-24,29,33-34,38,41-51H2,1-3H3,(H,61,62)/b10-7-,11-8-,12-9-,19-16-,20-17-,21-18-,26-25-,30-27-,31-28-,35-32-,39-36-,40-37-. The summed E-state index contributed by atoms with van der Waals surface area (Å²) < 4.78 is 39.1. The summed E-state index contributed by atoms with van der Waals surface area (Å²) in [4.78, 5) is 48.2. The number of carbonyl (C=O) groups is 3. The first-order valence-electron chi connectivity index (χ1n) is 24.7. The van der Waals surface area contributed by atoms with Crippen LogP contribution in [0.2, 0.25) is 0 Å². The maximum absolute atomic E-state index is 12.8. The van der Waals surface area contributed by atoms with Crippen LogP contribution in [0.5, 0.6) is 0 Å². The van der Waals surface area contributed by atoms with Crippen LogP contribution < -0.4 is 0 Å². The number of carbonyl (C=O) groups excluding carboxylic acids is 3. The molecule has 0 bridgehead atoms. The van der Waals surface area contributed by atoms with Crippen molar-refractivity contribution in [2.24, 2.45) is 0 Å². The molecular weight excluding hydrogens is 880 g/mol. The molecule has 0 aromatic heterocycles. The fourth-order valence-corrected chi connectivity index (χ4v) is 6.39. The van der Waals surface area contributed by atoms with Crippen molar-refractivity contribution in [1.29, 1.82) is 0 Å². The Bertz CT molecular complexity index is 1690. The lowest BCUT2D eigenvalue weighted by atomic mass is 10.2. The molecule has 0 fully saturated rings. The number of esters is 3. The Morgan fingerprint density at radius 3 is 1.13 bits per heavy atom. The van der Waals surface area contributed by atoms with E-state index in [4.69, 9.17) is 23.3 Å². The number of ether oxygens (including phenoxy) is 3. The van der Waals surface area contributed by atoms with Crippen LogP contribution in [0.3, 0.4) is 0 Å². The second kappa shape index (κ2) is 48.8. The molecule has 3 unspecified atom stereocenters. The highest BCUT2D eigenvalue weighted by molar-refractivity contribution is 7.47. The molecule has 0 radical (unpaired) electrons. The van der Waals surface area contributed by atoms with Gasteiger partial charge in [-0.1, -0.05) is 167 Å². The van der Waals surface area contributed by atoms with E-state index in [0.29, 0.717) is 19.3 Å². The zero-order valence-electron chi connectivity index (χ0n) is 41.5. The molecule has 0 rings (SSSR count). The third-order valence-electron chi connectivity index (χ3n) is 9.27. The Hall–Kier alpha value is -4.64. The predicted octanol–water partition coefficient (Wildman–Crippen LogP) is 14.0. The van der Waals surface area contributed by atoms with Crippen LogP contribution in [0, 0.1) is 0 Å². The largest absolute Gasteiger partial charge is 0.472 e. The first-order valence-corrected chi connectivity index (χ1v) is 26.2. The van der Waals surface area contributed by atoms with Crippen molar-refractivity contribution in [1.82, 2.24) is 0 Å². The highest BCUT2D eigenvalue weighted by atomic mass is 31.2. The van der Waals surface area contributed by atoms with E-state index in [-0.39, 0.29) is 19.3 Å². The minimum atomic E-state index is -4.79. The molecule has 0 spiro atoms. The normalized spacial score (nSPS) is 14.7. The minimum absolute atomic E-state index is 0.0393. The van der Waals surface area contributed by atoms with Gasteiger partial charge >= 0.3 is 25.7 Å². The van der Waals surface area contributed by atoms with Gasteiger partial charge in [-0.05, 0) is 109 Å². The Morgan fingerprint density at radius 1 is 0.412 bits per heavy atom. The van der Waals surface area contributed by atoms with E-state index < -0.39 is 64.4 Å². The molecule has 3 atom stereocenters. The topological polar surface area (TPSA) is 155 Å². The molecule has 11 nitrogen and oxygen atoms in total. The van der Waals surface area contributed by atoms with E-state index in [1.54, 1.807) is 0 Å². The van der Waals surface area contributed by atoms with E-state index in [1.807, 2.05) is 30.4 Å². The Labute approximate surface area is 410 Å². The Morgan fingerprint density at radius 2 is 0.735 bits per heavy atom. The van der Waals surface area contributed by atoms with Crippen molar-refractivity contribution >= 4 is 25.7 Å². The van der Waals surface area contributed by atoms with Gasteiger partial charge in [0.25, 0.3) is 0 Å². The molecule has 2 N–H and O–H groups in total. The van der Waals surface area contributed by atoms with Crippen molar-refractivity contribution in [3.8, 4) is 0 Å². The number of hydrogen-bond acceptors (Lipinski definition) is 10.